The Bertz CT molecular complexity index is 410. The first-order chi connectivity index (χ1) is 9.42. The van der Waals surface area contributed by atoms with E-state index in [2.05, 4.69) is 18.2 Å². The van der Waals surface area contributed by atoms with Gasteiger partial charge in [0.15, 0.2) is 6.29 Å². The van der Waals surface area contributed by atoms with Crippen LogP contribution < -0.4 is 4.74 Å². The van der Waals surface area contributed by atoms with E-state index in [1.165, 1.54) is 36.8 Å². The summed E-state index contributed by atoms with van der Waals surface area (Å²) in [7, 11) is 0. The minimum Gasteiger partial charge on any atom is -0.493 e. The quantitative estimate of drug-likeness (QED) is 0.834. The van der Waals surface area contributed by atoms with Crippen molar-refractivity contribution in [2.75, 3.05) is 19.8 Å². The second-order valence-corrected chi connectivity index (χ2v) is 5.30. The molecule has 3 heteroatoms. The number of hydrogen-bond acceptors (Lipinski definition) is 3. The van der Waals surface area contributed by atoms with Gasteiger partial charge in [-0.05, 0) is 55.4 Å². The normalized spacial score (nSPS) is 20.0. The van der Waals surface area contributed by atoms with Crippen LogP contribution in [0.3, 0.4) is 0 Å². The zero-order valence-electron chi connectivity index (χ0n) is 11.4. The molecule has 1 heterocycles. The Morgan fingerprint density at radius 1 is 1.00 bits per heavy atom. The molecule has 0 spiro atoms. The van der Waals surface area contributed by atoms with Gasteiger partial charge in [-0.1, -0.05) is 6.07 Å². The molecule has 0 amide bonds. The third-order valence-corrected chi connectivity index (χ3v) is 3.84. The van der Waals surface area contributed by atoms with Gasteiger partial charge in [-0.15, -0.1) is 0 Å². The molecule has 1 aromatic rings. The first kappa shape index (κ1) is 12.9. The van der Waals surface area contributed by atoms with Crippen LogP contribution in [0.1, 0.15) is 36.8 Å². The Balaban J connectivity index is 1.49. The number of hydrogen-bond donors (Lipinski definition) is 0. The zero-order chi connectivity index (χ0) is 12.9. The van der Waals surface area contributed by atoms with Crippen LogP contribution in [0, 0.1) is 0 Å². The standard InChI is InChI=1S/C16H22O3/c1-2-5-14-12-15(7-6-13(14)4-1)17-11-8-16-18-9-3-10-19-16/h6-7,12,16H,1-5,8-11H2. The molecule has 0 radical (unpaired) electrons. The monoisotopic (exact) mass is 262 g/mol. The average molecular weight is 262 g/mol. The topological polar surface area (TPSA) is 27.7 Å². The molecule has 0 bridgehead atoms. The fourth-order valence-corrected chi connectivity index (χ4v) is 2.78. The van der Waals surface area contributed by atoms with Crippen LogP contribution in [0.15, 0.2) is 18.2 Å². The molecule has 2 aliphatic rings. The maximum Gasteiger partial charge on any atom is 0.160 e. The van der Waals surface area contributed by atoms with E-state index >= 15 is 0 Å². The van der Waals surface area contributed by atoms with Gasteiger partial charge >= 0.3 is 0 Å². The van der Waals surface area contributed by atoms with Crippen LogP contribution >= 0.6 is 0 Å². The summed E-state index contributed by atoms with van der Waals surface area (Å²) in [6.45, 7) is 2.27. The molecule has 3 nitrogen and oxygen atoms in total. The predicted octanol–water partition coefficient (Wildman–Crippen LogP) is 3.10. The zero-order valence-corrected chi connectivity index (χ0v) is 11.4. The van der Waals surface area contributed by atoms with Crippen LogP contribution in [-0.2, 0) is 22.3 Å². The lowest BCUT2D eigenvalue weighted by Gasteiger charge is -2.23. The molecule has 3 rings (SSSR count). The molecular weight excluding hydrogens is 240 g/mol. The number of rotatable bonds is 4. The highest BCUT2D eigenvalue weighted by molar-refractivity contribution is 5.37. The Morgan fingerprint density at radius 3 is 2.63 bits per heavy atom. The molecule has 0 N–H and O–H groups in total. The van der Waals surface area contributed by atoms with Crippen molar-refractivity contribution in [1.82, 2.24) is 0 Å². The second kappa shape index (κ2) is 6.40. The van der Waals surface area contributed by atoms with E-state index in [1.54, 1.807) is 0 Å². The van der Waals surface area contributed by atoms with Crippen molar-refractivity contribution in [1.29, 1.82) is 0 Å². The first-order valence-electron chi connectivity index (χ1n) is 7.39. The van der Waals surface area contributed by atoms with Gasteiger partial charge < -0.3 is 14.2 Å². The second-order valence-electron chi connectivity index (χ2n) is 5.30. The van der Waals surface area contributed by atoms with Crippen molar-refractivity contribution in [2.45, 2.75) is 44.8 Å². The number of fused-ring (bicyclic) bond motifs is 1. The molecule has 0 unspecified atom stereocenters. The van der Waals surface area contributed by atoms with Gasteiger partial charge in [0.2, 0.25) is 0 Å². The molecule has 0 saturated carbocycles. The van der Waals surface area contributed by atoms with E-state index in [0.29, 0.717) is 6.61 Å². The van der Waals surface area contributed by atoms with Gasteiger partial charge in [-0.3, -0.25) is 0 Å². The summed E-state index contributed by atoms with van der Waals surface area (Å²) in [5.74, 6) is 0.983. The minimum absolute atomic E-state index is 0.0774. The lowest BCUT2D eigenvalue weighted by molar-refractivity contribution is -0.183. The highest BCUT2D eigenvalue weighted by atomic mass is 16.7. The molecule has 0 atom stereocenters. The Hall–Kier alpha value is -1.06. The van der Waals surface area contributed by atoms with Gasteiger partial charge in [0.25, 0.3) is 0 Å². The van der Waals surface area contributed by atoms with Crippen LogP contribution in [-0.4, -0.2) is 26.1 Å². The number of aryl methyl sites for hydroxylation is 2. The van der Waals surface area contributed by atoms with Crippen LogP contribution in [0.25, 0.3) is 0 Å². The molecule has 104 valence electrons. The van der Waals surface area contributed by atoms with Crippen molar-refractivity contribution in [3.63, 3.8) is 0 Å². The lowest BCUT2D eigenvalue weighted by Crippen LogP contribution is -2.26. The van der Waals surface area contributed by atoms with E-state index in [9.17, 15) is 0 Å². The van der Waals surface area contributed by atoms with Crippen LogP contribution in [0.5, 0.6) is 5.75 Å². The highest BCUT2D eigenvalue weighted by Gasteiger charge is 2.14. The smallest absolute Gasteiger partial charge is 0.160 e. The maximum atomic E-state index is 5.81. The van der Waals surface area contributed by atoms with Gasteiger partial charge in [-0.25, -0.2) is 0 Å². The van der Waals surface area contributed by atoms with E-state index in [4.69, 9.17) is 14.2 Å². The van der Waals surface area contributed by atoms with Crippen molar-refractivity contribution in [2.24, 2.45) is 0 Å². The summed E-state index contributed by atoms with van der Waals surface area (Å²) in [6, 6.07) is 6.52. The maximum absolute atomic E-state index is 5.81. The molecule has 0 aromatic heterocycles. The van der Waals surface area contributed by atoms with Crippen molar-refractivity contribution in [3.8, 4) is 5.75 Å². The summed E-state index contributed by atoms with van der Waals surface area (Å²) < 4.78 is 16.8. The molecule has 19 heavy (non-hydrogen) atoms. The van der Waals surface area contributed by atoms with Crippen molar-refractivity contribution < 1.29 is 14.2 Å². The summed E-state index contributed by atoms with van der Waals surface area (Å²) in [6.07, 6.45) is 6.77. The third-order valence-electron chi connectivity index (χ3n) is 3.84. The van der Waals surface area contributed by atoms with E-state index < -0.39 is 0 Å². The van der Waals surface area contributed by atoms with Crippen molar-refractivity contribution >= 4 is 0 Å². The van der Waals surface area contributed by atoms with E-state index in [0.717, 1.165) is 31.8 Å². The van der Waals surface area contributed by atoms with Gasteiger partial charge in [-0.2, -0.15) is 0 Å². The highest BCUT2D eigenvalue weighted by Crippen LogP contribution is 2.25. The van der Waals surface area contributed by atoms with Gasteiger partial charge in [0, 0.05) is 6.42 Å². The molecule has 1 fully saturated rings. The van der Waals surface area contributed by atoms with Gasteiger partial charge in [0.05, 0.1) is 19.8 Å². The number of ether oxygens (including phenoxy) is 3. The Kier molecular flexibility index (Phi) is 4.36. The van der Waals surface area contributed by atoms with Crippen LogP contribution in [0.2, 0.25) is 0 Å². The summed E-state index contributed by atoms with van der Waals surface area (Å²) in [4.78, 5) is 0. The minimum atomic E-state index is -0.0774. The molecule has 1 saturated heterocycles. The van der Waals surface area contributed by atoms with Gasteiger partial charge in [0.1, 0.15) is 5.75 Å². The van der Waals surface area contributed by atoms with Crippen molar-refractivity contribution in [3.05, 3.63) is 29.3 Å². The Morgan fingerprint density at radius 2 is 1.79 bits per heavy atom. The summed E-state index contributed by atoms with van der Waals surface area (Å²) in [5, 5.41) is 0. The molecule has 1 aliphatic carbocycles. The lowest BCUT2D eigenvalue weighted by atomic mass is 9.92. The van der Waals surface area contributed by atoms with E-state index in [-0.39, 0.29) is 6.29 Å². The number of benzene rings is 1. The first-order valence-corrected chi connectivity index (χ1v) is 7.39. The van der Waals surface area contributed by atoms with Crippen LogP contribution in [0.4, 0.5) is 0 Å². The largest absolute Gasteiger partial charge is 0.493 e. The molecule has 1 aromatic carbocycles. The van der Waals surface area contributed by atoms with E-state index in [1.807, 2.05) is 0 Å². The fourth-order valence-electron chi connectivity index (χ4n) is 2.78. The predicted molar refractivity (Wildman–Crippen MR) is 73.5 cm³/mol. The SMILES string of the molecule is c1cc2c(cc1OCCC1OCCCO1)CCCC2. The Labute approximate surface area is 114 Å². The molecule has 1 aliphatic heterocycles. The third kappa shape index (κ3) is 3.48. The molecular formula is C16H22O3. The summed E-state index contributed by atoms with van der Waals surface area (Å²) in [5.41, 5.74) is 2.96. The summed E-state index contributed by atoms with van der Waals surface area (Å²) >= 11 is 0. The fraction of sp³-hybridized carbons (Fsp3) is 0.625. The average Bonchev–Trinajstić information content (AvgIpc) is 2.48.